The Hall–Kier alpha value is -1.13. The minimum absolute atomic E-state index is 0.0406. The normalized spacial score (nSPS) is 19.6. The highest BCUT2D eigenvalue weighted by atomic mass is 32.2. The zero-order valence-corrected chi connectivity index (χ0v) is 11.1. The van der Waals surface area contributed by atoms with Gasteiger partial charge >= 0.3 is 0 Å². The first-order valence-electron chi connectivity index (χ1n) is 6.10. The largest absolute Gasteiger partial charge is 0.354 e. The van der Waals surface area contributed by atoms with Gasteiger partial charge in [-0.25, -0.2) is 13.6 Å². The van der Waals surface area contributed by atoms with E-state index in [4.69, 9.17) is 5.14 Å². The highest BCUT2D eigenvalue weighted by molar-refractivity contribution is 7.89. The van der Waals surface area contributed by atoms with Gasteiger partial charge in [0.2, 0.25) is 15.9 Å². The molecule has 1 saturated carbocycles. The third-order valence-corrected chi connectivity index (χ3v) is 4.05. The second-order valence-electron chi connectivity index (χ2n) is 4.73. The summed E-state index contributed by atoms with van der Waals surface area (Å²) in [5.74, 6) is -0.671. The van der Waals surface area contributed by atoms with E-state index in [1.165, 1.54) is 0 Å². The first-order chi connectivity index (χ1) is 8.40. The molecule has 0 unspecified atom stereocenters. The van der Waals surface area contributed by atoms with Crippen LogP contribution >= 0.6 is 0 Å². The van der Waals surface area contributed by atoms with Gasteiger partial charge in [-0.3, -0.25) is 4.79 Å². The Balaban J connectivity index is 2.59. The van der Waals surface area contributed by atoms with Crippen LogP contribution in [0.3, 0.4) is 0 Å². The fourth-order valence-corrected chi connectivity index (χ4v) is 2.58. The van der Waals surface area contributed by atoms with Crippen molar-refractivity contribution in [2.75, 3.05) is 12.3 Å². The molecular weight excluding hydrogens is 254 g/mol. The Bertz CT molecular complexity index is 431. The van der Waals surface area contributed by atoms with E-state index in [1.54, 1.807) is 0 Å². The molecule has 6 nitrogen and oxygen atoms in total. The number of amides is 1. The summed E-state index contributed by atoms with van der Waals surface area (Å²) >= 11 is 0. The third kappa shape index (κ3) is 4.27. The molecule has 0 heterocycles. The summed E-state index contributed by atoms with van der Waals surface area (Å²) in [7, 11) is -3.58. The molecule has 18 heavy (non-hydrogen) atoms. The van der Waals surface area contributed by atoms with Crippen LogP contribution in [0.5, 0.6) is 0 Å². The molecule has 0 aromatic rings. The molecular formula is C11H19N3O3S. The number of rotatable bonds is 4. The van der Waals surface area contributed by atoms with E-state index in [9.17, 15) is 18.5 Å². The van der Waals surface area contributed by atoms with Crippen molar-refractivity contribution in [1.29, 1.82) is 5.26 Å². The molecule has 0 atom stereocenters. The molecule has 0 aliphatic heterocycles. The van der Waals surface area contributed by atoms with Crippen LogP contribution in [-0.4, -0.2) is 26.6 Å². The van der Waals surface area contributed by atoms with Crippen molar-refractivity contribution in [2.24, 2.45) is 10.6 Å². The molecule has 0 radical (unpaired) electrons. The fraction of sp³-hybridized carbons (Fsp3) is 0.818. The van der Waals surface area contributed by atoms with Gasteiger partial charge in [0.25, 0.3) is 0 Å². The molecule has 0 bridgehead atoms. The second-order valence-corrected chi connectivity index (χ2v) is 6.46. The maximum absolute atomic E-state index is 12.0. The van der Waals surface area contributed by atoms with E-state index in [2.05, 4.69) is 11.4 Å². The monoisotopic (exact) mass is 273 g/mol. The van der Waals surface area contributed by atoms with E-state index in [0.29, 0.717) is 12.8 Å². The van der Waals surface area contributed by atoms with Gasteiger partial charge in [0.1, 0.15) is 5.41 Å². The number of hydrogen-bond donors (Lipinski definition) is 2. The molecule has 0 saturated heterocycles. The summed E-state index contributed by atoms with van der Waals surface area (Å²) < 4.78 is 21.5. The first kappa shape index (κ1) is 14.9. The Kier molecular flexibility index (Phi) is 5.11. The lowest BCUT2D eigenvalue weighted by molar-refractivity contribution is -0.128. The highest BCUT2D eigenvalue weighted by Crippen LogP contribution is 2.34. The van der Waals surface area contributed by atoms with Gasteiger partial charge in [-0.2, -0.15) is 5.26 Å². The molecule has 102 valence electrons. The quantitative estimate of drug-likeness (QED) is 0.715. The van der Waals surface area contributed by atoms with Gasteiger partial charge in [0.05, 0.1) is 11.8 Å². The topological polar surface area (TPSA) is 113 Å². The standard InChI is InChI=1S/C11H19N3O3S/c12-9-11(5-3-1-2-4-6-11)10(15)14-7-8-18(13,16)17/h1-8H2,(H,14,15)(H2,13,16,17). The Morgan fingerprint density at radius 1 is 1.28 bits per heavy atom. The number of carbonyl (C=O) groups excluding carboxylic acids is 1. The minimum atomic E-state index is -3.58. The van der Waals surface area contributed by atoms with Crippen LogP contribution in [0.1, 0.15) is 38.5 Å². The summed E-state index contributed by atoms with van der Waals surface area (Å²) in [5.41, 5.74) is -0.991. The smallest absolute Gasteiger partial charge is 0.240 e. The zero-order valence-electron chi connectivity index (χ0n) is 10.3. The molecule has 1 aliphatic carbocycles. The van der Waals surface area contributed by atoms with Gasteiger partial charge in [-0.05, 0) is 12.8 Å². The van der Waals surface area contributed by atoms with Gasteiger partial charge in [-0.15, -0.1) is 0 Å². The number of hydrogen-bond acceptors (Lipinski definition) is 4. The predicted molar refractivity (Wildman–Crippen MR) is 66.7 cm³/mol. The maximum atomic E-state index is 12.0. The number of carbonyl (C=O) groups is 1. The van der Waals surface area contributed by atoms with Gasteiger partial charge in [0, 0.05) is 6.54 Å². The maximum Gasteiger partial charge on any atom is 0.240 e. The molecule has 3 N–H and O–H groups in total. The number of nitrogens with one attached hydrogen (secondary N) is 1. The lowest BCUT2D eigenvalue weighted by Gasteiger charge is -2.23. The molecule has 1 fully saturated rings. The van der Waals surface area contributed by atoms with Crippen molar-refractivity contribution in [1.82, 2.24) is 5.32 Å². The lowest BCUT2D eigenvalue weighted by Crippen LogP contribution is -2.42. The van der Waals surface area contributed by atoms with E-state index >= 15 is 0 Å². The number of nitrogens with zero attached hydrogens (tertiary/aromatic N) is 1. The molecule has 7 heteroatoms. The highest BCUT2D eigenvalue weighted by Gasteiger charge is 2.38. The van der Waals surface area contributed by atoms with Gasteiger partial charge in [0.15, 0.2) is 0 Å². The summed E-state index contributed by atoms with van der Waals surface area (Å²) in [4.78, 5) is 12.0. The van der Waals surface area contributed by atoms with Gasteiger partial charge < -0.3 is 5.32 Å². The zero-order chi connectivity index (χ0) is 13.6. The van der Waals surface area contributed by atoms with E-state index < -0.39 is 15.4 Å². The van der Waals surface area contributed by atoms with Crippen LogP contribution in [-0.2, 0) is 14.8 Å². The van der Waals surface area contributed by atoms with Crippen LogP contribution < -0.4 is 10.5 Å². The van der Waals surface area contributed by atoms with Crippen molar-refractivity contribution >= 4 is 15.9 Å². The van der Waals surface area contributed by atoms with Gasteiger partial charge in [-0.1, -0.05) is 25.7 Å². The molecule has 0 spiro atoms. The number of nitrogens with two attached hydrogens (primary N) is 1. The summed E-state index contributed by atoms with van der Waals surface area (Å²) in [6, 6.07) is 2.11. The number of sulfonamides is 1. The average molecular weight is 273 g/mol. The minimum Gasteiger partial charge on any atom is -0.354 e. The van der Waals surface area contributed by atoms with Crippen LogP contribution in [0.25, 0.3) is 0 Å². The fourth-order valence-electron chi connectivity index (χ4n) is 2.20. The molecule has 0 aromatic carbocycles. The van der Waals surface area contributed by atoms with E-state index in [0.717, 1.165) is 25.7 Å². The van der Waals surface area contributed by atoms with E-state index in [1.807, 2.05) is 0 Å². The first-order valence-corrected chi connectivity index (χ1v) is 7.81. The van der Waals surface area contributed by atoms with Crippen LogP contribution in [0.4, 0.5) is 0 Å². The molecule has 1 aliphatic rings. The summed E-state index contributed by atoms with van der Waals surface area (Å²) in [5, 5.41) is 16.6. The molecule has 1 rings (SSSR count). The SMILES string of the molecule is N#CC1(C(=O)NCCS(N)(=O)=O)CCCCCC1. The number of primary sulfonamides is 1. The lowest BCUT2D eigenvalue weighted by atomic mass is 9.81. The Morgan fingerprint density at radius 3 is 2.28 bits per heavy atom. The average Bonchev–Trinajstić information content (AvgIpc) is 2.53. The van der Waals surface area contributed by atoms with Crippen LogP contribution in [0.15, 0.2) is 0 Å². The third-order valence-electron chi connectivity index (χ3n) is 3.28. The summed E-state index contributed by atoms with van der Waals surface area (Å²) in [6.45, 7) is -0.0406. The molecule has 1 amide bonds. The predicted octanol–water partition coefficient (Wildman–Crippen LogP) is 0.255. The second kappa shape index (κ2) is 6.16. The van der Waals surface area contributed by atoms with E-state index in [-0.39, 0.29) is 18.2 Å². The van der Waals surface area contributed by atoms with Crippen molar-refractivity contribution in [3.8, 4) is 6.07 Å². The van der Waals surface area contributed by atoms with Crippen LogP contribution in [0.2, 0.25) is 0 Å². The summed E-state index contributed by atoms with van der Waals surface area (Å²) in [6.07, 6.45) is 4.88. The van der Waals surface area contributed by atoms with Crippen molar-refractivity contribution in [2.45, 2.75) is 38.5 Å². The Morgan fingerprint density at radius 2 is 1.83 bits per heavy atom. The van der Waals surface area contributed by atoms with Crippen molar-refractivity contribution < 1.29 is 13.2 Å². The Labute approximate surface area is 108 Å². The van der Waals surface area contributed by atoms with Crippen LogP contribution in [0, 0.1) is 16.7 Å². The molecule has 0 aromatic heterocycles. The van der Waals surface area contributed by atoms with Crippen molar-refractivity contribution in [3.05, 3.63) is 0 Å². The van der Waals surface area contributed by atoms with Crippen molar-refractivity contribution in [3.63, 3.8) is 0 Å². The number of nitriles is 1.